The minimum atomic E-state index is -1.10. The predicted octanol–water partition coefficient (Wildman–Crippen LogP) is -1.06. The Morgan fingerprint density at radius 3 is 2.57 bits per heavy atom. The highest BCUT2D eigenvalue weighted by molar-refractivity contribution is 5.76. The summed E-state index contributed by atoms with van der Waals surface area (Å²) < 4.78 is 4.71. The lowest BCUT2D eigenvalue weighted by Gasteiger charge is -2.13. The van der Waals surface area contributed by atoms with E-state index in [0.29, 0.717) is 6.61 Å². The standard InChI is InChI=1S/C8H16N2O4/c1-3-14-8(13)5(2)10-4-6(9)7(11)12/h5-6,10H,3-4,9H2,1-2H3,(H,11,12). The first kappa shape index (κ1) is 12.9. The lowest BCUT2D eigenvalue weighted by molar-refractivity contribution is -0.145. The van der Waals surface area contributed by atoms with Crippen LogP contribution in [0.2, 0.25) is 0 Å². The molecule has 0 aromatic heterocycles. The van der Waals surface area contributed by atoms with Crippen LogP contribution in [-0.4, -0.2) is 42.3 Å². The number of carboxylic acid groups (broad SMARTS) is 1. The molecule has 0 aromatic rings. The van der Waals surface area contributed by atoms with Gasteiger partial charge in [-0.1, -0.05) is 0 Å². The summed E-state index contributed by atoms with van der Waals surface area (Å²) in [7, 11) is 0. The summed E-state index contributed by atoms with van der Waals surface area (Å²) >= 11 is 0. The van der Waals surface area contributed by atoms with E-state index in [9.17, 15) is 9.59 Å². The molecule has 4 N–H and O–H groups in total. The minimum Gasteiger partial charge on any atom is -0.480 e. The highest BCUT2D eigenvalue weighted by Crippen LogP contribution is 1.88. The summed E-state index contributed by atoms with van der Waals surface area (Å²) in [6.45, 7) is 3.63. The molecule has 0 aliphatic rings. The third-order valence-corrected chi connectivity index (χ3v) is 1.60. The van der Waals surface area contributed by atoms with Crippen LogP contribution >= 0.6 is 0 Å². The van der Waals surface area contributed by atoms with Crippen LogP contribution in [0.4, 0.5) is 0 Å². The maximum Gasteiger partial charge on any atom is 0.322 e. The molecule has 6 nitrogen and oxygen atoms in total. The molecule has 14 heavy (non-hydrogen) atoms. The van der Waals surface area contributed by atoms with Gasteiger partial charge in [0.25, 0.3) is 0 Å². The number of aliphatic carboxylic acids is 1. The Hall–Kier alpha value is -1.14. The van der Waals surface area contributed by atoms with Gasteiger partial charge < -0.3 is 20.9 Å². The molecule has 0 heterocycles. The highest BCUT2D eigenvalue weighted by Gasteiger charge is 2.17. The molecular weight excluding hydrogens is 188 g/mol. The van der Waals surface area contributed by atoms with Crippen LogP contribution in [0.5, 0.6) is 0 Å². The van der Waals surface area contributed by atoms with E-state index in [4.69, 9.17) is 15.6 Å². The van der Waals surface area contributed by atoms with Gasteiger partial charge in [-0.25, -0.2) is 0 Å². The van der Waals surface area contributed by atoms with Gasteiger partial charge in [-0.05, 0) is 13.8 Å². The Morgan fingerprint density at radius 1 is 1.57 bits per heavy atom. The van der Waals surface area contributed by atoms with Crippen molar-refractivity contribution in [1.29, 1.82) is 0 Å². The number of carbonyl (C=O) groups excluding carboxylic acids is 1. The Balaban J connectivity index is 3.78. The van der Waals surface area contributed by atoms with E-state index in [1.165, 1.54) is 0 Å². The normalized spacial score (nSPS) is 14.5. The molecule has 2 unspecified atom stereocenters. The zero-order valence-corrected chi connectivity index (χ0v) is 8.32. The number of ether oxygens (including phenoxy) is 1. The molecule has 0 amide bonds. The van der Waals surface area contributed by atoms with E-state index < -0.39 is 24.0 Å². The lowest BCUT2D eigenvalue weighted by atomic mass is 10.3. The van der Waals surface area contributed by atoms with Gasteiger partial charge in [0.1, 0.15) is 12.1 Å². The quantitative estimate of drug-likeness (QED) is 0.477. The van der Waals surface area contributed by atoms with Gasteiger partial charge in [-0.15, -0.1) is 0 Å². The summed E-state index contributed by atoms with van der Waals surface area (Å²) in [5, 5.41) is 11.1. The molecule has 2 atom stereocenters. The first-order chi connectivity index (χ1) is 6.49. The molecular formula is C8H16N2O4. The van der Waals surface area contributed by atoms with Crippen LogP contribution in [-0.2, 0) is 14.3 Å². The Labute approximate surface area is 82.4 Å². The van der Waals surface area contributed by atoms with Crippen LogP contribution in [0.3, 0.4) is 0 Å². The molecule has 0 aromatic carbocycles. The molecule has 82 valence electrons. The molecule has 0 bridgehead atoms. The summed E-state index contributed by atoms with van der Waals surface area (Å²) in [4.78, 5) is 21.4. The van der Waals surface area contributed by atoms with Crippen molar-refractivity contribution in [2.75, 3.05) is 13.2 Å². The van der Waals surface area contributed by atoms with Gasteiger partial charge in [0.05, 0.1) is 6.61 Å². The Kier molecular flexibility index (Phi) is 5.82. The molecule has 0 radical (unpaired) electrons. The maximum atomic E-state index is 11.1. The predicted molar refractivity (Wildman–Crippen MR) is 49.7 cm³/mol. The van der Waals surface area contributed by atoms with Gasteiger partial charge in [-0.2, -0.15) is 0 Å². The average Bonchev–Trinajstić information content (AvgIpc) is 2.13. The average molecular weight is 204 g/mol. The van der Waals surface area contributed by atoms with E-state index >= 15 is 0 Å². The monoisotopic (exact) mass is 204 g/mol. The molecule has 6 heteroatoms. The fourth-order valence-electron chi connectivity index (χ4n) is 0.742. The van der Waals surface area contributed by atoms with Crippen LogP contribution in [0.1, 0.15) is 13.8 Å². The Morgan fingerprint density at radius 2 is 2.14 bits per heavy atom. The van der Waals surface area contributed by atoms with Crippen LogP contribution in [0.15, 0.2) is 0 Å². The van der Waals surface area contributed by atoms with E-state index in [1.54, 1.807) is 13.8 Å². The number of hydrogen-bond acceptors (Lipinski definition) is 5. The molecule has 0 fully saturated rings. The topological polar surface area (TPSA) is 102 Å². The van der Waals surface area contributed by atoms with Crippen molar-refractivity contribution in [3.05, 3.63) is 0 Å². The van der Waals surface area contributed by atoms with Crippen LogP contribution < -0.4 is 11.1 Å². The lowest BCUT2D eigenvalue weighted by Crippen LogP contribution is -2.46. The van der Waals surface area contributed by atoms with E-state index in [-0.39, 0.29) is 6.54 Å². The van der Waals surface area contributed by atoms with Crippen molar-refractivity contribution in [2.45, 2.75) is 25.9 Å². The van der Waals surface area contributed by atoms with E-state index in [2.05, 4.69) is 5.32 Å². The fraction of sp³-hybridized carbons (Fsp3) is 0.750. The SMILES string of the molecule is CCOC(=O)C(C)NCC(N)C(=O)O. The van der Waals surface area contributed by atoms with Crippen molar-refractivity contribution < 1.29 is 19.4 Å². The smallest absolute Gasteiger partial charge is 0.322 e. The van der Waals surface area contributed by atoms with Gasteiger partial charge in [0.2, 0.25) is 0 Å². The van der Waals surface area contributed by atoms with Crippen molar-refractivity contribution >= 4 is 11.9 Å². The molecule has 0 saturated heterocycles. The highest BCUT2D eigenvalue weighted by atomic mass is 16.5. The van der Waals surface area contributed by atoms with Gasteiger partial charge in [-0.3, -0.25) is 9.59 Å². The van der Waals surface area contributed by atoms with E-state index in [1.807, 2.05) is 0 Å². The largest absolute Gasteiger partial charge is 0.480 e. The van der Waals surface area contributed by atoms with Crippen molar-refractivity contribution in [3.8, 4) is 0 Å². The van der Waals surface area contributed by atoms with Crippen molar-refractivity contribution in [3.63, 3.8) is 0 Å². The van der Waals surface area contributed by atoms with Gasteiger partial charge >= 0.3 is 11.9 Å². The number of carboxylic acids is 1. The van der Waals surface area contributed by atoms with Gasteiger partial charge in [0, 0.05) is 6.54 Å². The molecule has 0 saturated carbocycles. The second-order valence-corrected chi connectivity index (χ2v) is 2.83. The first-order valence-electron chi connectivity index (χ1n) is 4.37. The third-order valence-electron chi connectivity index (χ3n) is 1.60. The fourth-order valence-corrected chi connectivity index (χ4v) is 0.742. The zero-order valence-electron chi connectivity index (χ0n) is 8.32. The maximum absolute atomic E-state index is 11.1. The number of esters is 1. The summed E-state index contributed by atoms with van der Waals surface area (Å²) in [5.41, 5.74) is 5.22. The number of carbonyl (C=O) groups is 2. The summed E-state index contributed by atoms with van der Waals surface area (Å²) in [6, 6.07) is -1.55. The number of nitrogens with one attached hydrogen (secondary N) is 1. The molecule has 0 spiro atoms. The third kappa shape index (κ3) is 4.78. The second kappa shape index (κ2) is 6.33. The zero-order chi connectivity index (χ0) is 11.1. The second-order valence-electron chi connectivity index (χ2n) is 2.83. The Bertz CT molecular complexity index is 208. The number of nitrogens with two attached hydrogens (primary N) is 1. The van der Waals surface area contributed by atoms with Gasteiger partial charge in [0.15, 0.2) is 0 Å². The molecule has 0 aliphatic heterocycles. The molecule has 0 rings (SSSR count). The number of hydrogen-bond donors (Lipinski definition) is 3. The van der Waals surface area contributed by atoms with Crippen LogP contribution in [0.25, 0.3) is 0 Å². The molecule has 0 aliphatic carbocycles. The minimum absolute atomic E-state index is 0.0370. The van der Waals surface area contributed by atoms with Crippen molar-refractivity contribution in [2.24, 2.45) is 5.73 Å². The van der Waals surface area contributed by atoms with Crippen LogP contribution in [0, 0.1) is 0 Å². The summed E-state index contributed by atoms with van der Waals surface area (Å²) in [5.74, 6) is -1.52. The van der Waals surface area contributed by atoms with Crippen molar-refractivity contribution in [1.82, 2.24) is 5.32 Å². The summed E-state index contributed by atoms with van der Waals surface area (Å²) in [6.07, 6.45) is 0. The first-order valence-corrected chi connectivity index (χ1v) is 4.37. The number of rotatable bonds is 6. The van der Waals surface area contributed by atoms with E-state index in [0.717, 1.165) is 0 Å².